The zero-order chi connectivity index (χ0) is 15.5. The third-order valence-electron chi connectivity index (χ3n) is 3.06. The van der Waals surface area contributed by atoms with Crippen LogP contribution in [0, 0.1) is 0 Å². The van der Waals surface area contributed by atoms with E-state index in [-0.39, 0.29) is 42.3 Å². The van der Waals surface area contributed by atoms with Gasteiger partial charge in [0.1, 0.15) is 0 Å². The van der Waals surface area contributed by atoms with Crippen LogP contribution in [0.4, 0.5) is 0 Å². The van der Waals surface area contributed by atoms with Crippen LogP contribution >= 0.6 is 27.3 Å². The average Bonchev–Trinajstić information content (AvgIpc) is 2.95. The van der Waals surface area contributed by atoms with Gasteiger partial charge in [-0.2, -0.15) is 0 Å². The highest BCUT2D eigenvalue weighted by Crippen LogP contribution is 2.20. The number of rotatable bonds is 5. The summed E-state index contributed by atoms with van der Waals surface area (Å²) in [5, 5.41) is 7.05. The Bertz CT molecular complexity index is 641. The highest BCUT2D eigenvalue weighted by atomic mass is 79.9. The SMILES string of the molecule is O=C(CCNC(=O)c1csc(Br)c1)N[C@H]1CCS(=O)(=O)C1. The standard InChI is InChI=1S/C12H15BrN2O4S2/c13-10-5-8(6-20-10)12(17)14-3-1-11(16)15-9-2-4-21(18,19)7-9/h5-6,9H,1-4,7H2,(H,14,17)(H,15,16)/t9-/m0/s1. The fraction of sp³-hybridized carbons (Fsp3) is 0.500. The monoisotopic (exact) mass is 394 g/mol. The van der Waals surface area contributed by atoms with Gasteiger partial charge in [0.25, 0.3) is 5.91 Å². The van der Waals surface area contributed by atoms with Gasteiger partial charge < -0.3 is 10.6 Å². The van der Waals surface area contributed by atoms with E-state index in [1.165, 1.54) is 11.3 Å². The minimum atomic E-state index is -3.00. The third-order valence-corrected chi connectivity index (χ3v) is 6.34. The predicted octanol–water partition coefficient (Wildman–Crippen LogP) is 0.934. The molecule has 0 radical (unpaired) electrons. The topological polar surface area (TPSA) is 92.3 Å². The zero-order valence-corrected chi connectivity index (χ0v) is 14.3. The van der Waals surface area contributed by atoms with Gasteiger partial charge in [-0.1, -0.05) is 0 Å². The van der Waals surface area contributed by atoms with E-state index in [9.17, 15) is 18.0 Å². The van der Waals surface area contributed by atoms with Gasteiger partial charge in [0, 0.05) is 24.4 Å². The molecule has 0 unspecified atom stereocenters. The van der Waals surface area contributed by atoms with Crippen molar-refractivity contribution < 1.29 is 18.0 Å². The highest BCUT2D eigenvalue weighted by molar-refractivity contribution is 9.11. The molecule has 1 fully saturated rings. The summed E-state index contributed by atoms with van der Waals surface area (Å²) in [6, 6.07) is 1.41. The first-order valence-corrected chi connectivity index (χ1v) is 9.87. The fourth-order valence-electron chi connectivity index (χ4n) is 2.03. The van der Waals surface area contributed by atoms with Crippen molar-refractivity contribution in [3.8, 4) is 0 Å². The van der Waals surface area contributed by atoms with E-state index in [2.05, 4.69) is 26.6 Å². The third kappa shape index (κ3) is 5.08. The van der Waals surface area contributed by atoms with Gasteiger partial charge >= 0.3 is 0 Å². The number of nitrogens with one attached hydrogen (secondary N) is 2. The lowest BCUT2D eigenvalue weighted by Crippen LogP contribution is -2.37. The van der Waals surface area contributed by atoms with E-state index in [1.807, 2.05) is 0 Å². The Morgan fingerprint density at radius 2 is 2.19 bits per heavy atom. The Hall–Kier alpha value is -0.930. The molecule has 1 aliphatic heterocycles. The van der Waals surface area contributed by atoms with Crippen LogP contribution in [0.1, 0.15) is 23.2 Å². The van der Waals surface area contributed by atoms with E-state index in [0.717, 1.165) is 3.79 Å². The highest BCUT2D eigenvalue weighted by Gasteiger charge is 2.28. The second-order valence-corrected chi connectivity index (χ2v) is 9.33. The number of carbonyl (C=O) groups excluding carboxylic acids is 2. The number of carbonyl (C=O) groups is 2. The molecule has 2 N–H and O–H groups in total. The van der Waals surface area contributed by atoms with Gasteiger partial charge in [0.15, 0.2) is 9.84 Å². The van der Waals surface area contributed by atoms with Gasteiger partial charge in [0.05, 0.1) is 20.9 Å². The van der Waals surface area contributed by atoms with E-state index < -0.39 is 9.84 Å². The van der Waals surface area contributed by atoms with E-state index in [4.69, 9.17) is 0 Å². The predicted molar refractivity (Wildman–Crippen MR) is 84.2 cm³/mol. The lowest BCUT2D eigenvalue weighted by Gasteiger charge is -2.10. The summed E-state index contributed by atoms with van der Waals surface area (Å²) in [5.41, 5.74) is 0.550. The molecule has 0 spiro atoms. The molecule has 2 amide bonds. The van der Waals surface area contributed by atoms with Gasteiger partial charge in [-0.25, -0.2) is 8.42 Å². The molecule has 1 atom stereocenters. The summed E-state index contributed by atoms with van der Waals surface area (Å²) in [7, 11) is -3.00. The molecule has 21 heavy (non-hydrogen) atoms. The first-order chi connectivity index (χ1) is 9.85. The Morgan fingerprint density at radius 3 is 2.76 bits per heavy atom. The molecule has 2 heterocycles. The maximum absolute atomic E-state index is 11.7. The molecule has 9 heteroatoms. The van der Waals surface area contributed by atoms with Crippen molar-refractivity contribution >= 4 is 48.9 Å². The van der Waals surface area contributed by atoms with Crippen LogP contribution in [0.3, 0.4) is 0 Å². The normalized spacial score (nSPS) is 20.1. The molecule has 0 aliphatic carbocycles. The first kappa shape index (κ1) is 16.4. The van der Waals surface area contributed by atoms with Gasteiger partial charge in [-0.15, -0.1) is 11.3 Å². The minimum Gasteiger partial charge on any atom is -0.352 e. The molecule has 1 saturated heterocycles. The Morgan fingerprint density at radius 1 is 1.43 bits per heavy atom. The van der Waals surface area contributed by atoms with Crippen LogP contribution < -0.4 is 10.6 Å². The van der Waals surface area contributed by atoms with Crippen molar-refractivity contribution in [2.24, 2.45) is 0 Å². The van der Waals surface area contributed by atoms with Crippen LogP contribution in [0.5, 0.6) is 0 Å². The molecule has 0 aromatic carbocycles. The van der Waals surface area contributed by atoms with Gasteiger partial charge in [-0.3, -0.25) is 9.59 Å². The molecule has 1 aromatic heterocycles. The first-order valence-electron chi connectivity index (χ1n) is 6.38. The van der Waals surface area contributed by atoms with E-state index >= 15 is 0 Å². The van der Waals surface area contributed by atoms with Crippen molar-refractivity contribution in [2.75, 3.05) is 18.1 Å². The van der Waals surface area contributed by atoms with Crippen LogP contribution in [0.25, 0.3) is 0 Å². The quantitative estimate of drug-likeness (QED) is 0.776. The van der Waals surface area contributed by atoms with Gasteiger partial charge in [-0.05, 0) is 28.4 Å². The summed E-state index contributed by atoms with van der Waals surface area (Å²) in [6.07, 6.45) is 0.594. The summed E-state index contributed by atoms with van der Waals surface area (Å²) in [6.45, 7) is 0.220. The fourth-order valence-corrected chi connectivity index (χ4v) is 4.84. The molecule has 0 bridgehead atoms. The second kappa shape index (κ2) is 6.89. The maximum atomic E-state index is 11.7. The summed E-state index contributed by atoms with van der Waals surface area (Å²) in [4.78, 5) is 23.4. The number of halogens is 1. The van der Waals surface area contributed by atoms with Crippen molar-refractivity contribution in [3.63, 3.8) is 0 Å². The summed E-state index contributed by atoms with van der Waals surface area (Å²) >= 11 is 4.69. The van der Waals surface area contributed by atoms with Crippen molar-refractivity contribution in [2.45, 2.75) is 18.9 Å². The largest absolute Gasteiger partial charge is 0.352 e. The second-order valence-electron chi connectivity index (χ2n) is 4.81. The number of hydrogen-bond acceptors (Lipinski definition) is 5. The summed E-state index contributed by atoms with van der Waals surface area (Å²) < 4.78 is 23.4. The van der Waals surface area contributed by atoms with Crippen LogP contribution in [0.2, 0.25) is 0 Å². The maximum Gasteiger partial charge on any atom is 0.252 e. The van der Waals surface area contributed by atoms with Crippen molar-refractivity contribution in [3.05, 3.63) is 20.8 Å². The average molecular weight is 395 g/mol. The molecular formula is C12H15BrN2O4S2. The molecule has 1 aliphatic rings. The van der Waals surface area contributed by atoms with E-state index in [1.54, 1.807) is 11.4 Å². The Labute approximate surface area is 135 Å². The minimum absolute atomic E-state index is 0.00797. The van der Waals surface area contributed by atoms with Crippen LogP contribution in [-0.2, 0) is 14.6 Å². The molecular weight excluding hydrogens is 380 g/mol. The number of amides is 2. The number of hydrogen-bond donors (Lipinski definition) is 2. The van der Waals surface area contributed by atoms with Crippen LogP contribution in [-0.4, -0.2) is 44.3 Å². The summed E-state index contributed by atoms with van der Waals surface area (Å²) in [5.74, 6) is -0.340. The molecule has 6 nitrogen and oxygen atoms in total. The lowest BCUT2D eigenvalue weighted by atomic mass is 10.2. The number of thiophene rings is 1. The molecule has 116 valence electrons. The van der Waals surface area contributed by atoms with E-state index in [0.29, 0.717) is 12.0 Å². The molecule has 2 rings (SSSR count). The smallest absolute Gasteiger partial charge is 0.252 e. The Balaban J connectivity index is 1.69. The zero-order valence-electron chi connectivity index (χ0n) is 11.1. The molecule has 0 saturated carbocycles. The van der Waals surface area contributed by atoms with Crippen molar-refractivity contribution in [1.29, 1.82) is 0 Å². The lowest BCUT2D eigenvalue weighted by molar-refractivity contribution is -0.121. The van der Waals surface area contributed by atoms with Gasteiger partial charge in [0.2, 0.25) is 5.91 Å². The Kier molecular flexibility index (Phi) is 5.39. The molecule has 1 aromatic rings. The van der Waals surface area contributed by atoms with Crippen molar-refractivity contribution in [1.82, 2.24) is 10.6 Å². The number of sulfone groups is 1. The van der Waals surface area contributed by atoms with Crippen LogP contribution in [0.15, 0.2) is 15.2 Å².